The van der Waals surface area contributed by atoms with Crippen LogP contribution in [0.15, 0.2) is 11.6 Å². The monoisotopic (exact) mass is 270 g/mol. The van der Waals surface area contributed by atoms with Gasteiger partial charge in [-0.05, 0) is 0 Å². The Morgan fingerprint density at radius 3 is 2.47 bits per heavy atom. The highest BCUT2D eigenvalue weighted by molar-refractivity contribution is 7.13. The third-order valence-corrected chi connectivity index (χ3v) is 2.58. The summed E-state index contributed by atoms with van der Waals surface area (Å²) in [7, 11) is 1.59. The van der Waals surface area contributed by atoms with E-state index in [1.165, 1.54) is 11.6 Å². The van der Waals surface area contributed by atoms with E-state index in [2.05, 4.69) is 14.5 Å². The van der Waals surface area contributed by atoms with Crippen molar-refractivity contribution in [2.75, 3.05) is 19.5 Å². The first-order chi connectivity index (χ1) is 7.87. The van der Waals surface area contributed by atoms with Crippen LogP contribution >= 0.6 is 11.3 Å². The van der Waals surface area contributed by atoms with Crippen LogP contribution in [-0.4, -0.2) is 37.1 Å². The van der Waals surface area contributed by atoms with Gasteiger partial charge in [0.2, 0.25) is 0 Å². The largest absolute Gasteiger partial charge is 0.465 e. The predicted molar refractivity (Wildman–Crippen MR) is 53.5 cm³/mol. The van der Waals surface area contributed by atoms with Crippen molar-refractivity contribution >= 4 is 22.4 Å². The molecular weight excluding hydrogens is 261 g/mol. The first-order valence-corrected chi connectivity index (χ1v) is 5.13. The fourth-order valence-electron chi connectivity index (χ4n) is 1.07. The molecule has 17 heavy (non-hydrogen) atoms. The van der Waals surface area contributed by atoms with E-state index in [9.17, 15) is 18.0 Å². The number of carbonyl (C=O) groups is 1. The molecule has 0 fully saturated rings. The number of aromatic nitrogens is 1. The number of hydrogen-bond acceptors (Lipinski definition) is 6. The zero-order valence-corrected chi connectivity index (χ0v) is 9.69. The number of halogens is 3. The van der Waals surface area contributed by atoms with Crippen LogP contribution in [-0.2, 0) is 14.3 Å². The second kappa shape index (κ2) is 4.88. The Morgan fingerprint density at radius 2 is 2.12 bits per heavy atom. The highest BCUT2D eigenvalue weighted by Gasteiger charge is 2.63. The van der Waals surface area contributed by atoms with Crippen molar-refractivity contribution in [2.24, 2.45) is 0 Å². The Labute approximate surface area is 98.6 Å². The quantitative estimate of drug-likeness (QED) is 0.665. The Bertz CT molecular complexity index is 382. The van der Waals surface area contributed by atoms with Gasteiger partial charge in [0.1, 0.15) is 0 Å². The summed E-state index contributed by atoms with van der Waals surface area (Å²) < 4.78 is 47.1. The van der Waals surface area contributed by atoms with Gasteiger partial charge in [-0.3, -0.25) is 0 Å². The topological polar surface area (TPSA) is 60.5 Å². The lowest BCUT2D eigenvalue weighted by Gasteiger charge is -2.31. The van der Waals surface area contributed by atoms with Crippen molar-refractivity contribution in [2.45, 2.75) is 11.9 Å². The molecule has 1 N–H and O–H groups in total. The number of carbonyl (C=O) groups excluding carboxylic acids is 1. The van der Waals surface area contributed by atoms with Crippen LogP contribution in [0, 0.1) is 0 Å². The Morgan fingerprint density at radius 1 is 1.47 bits per heavy atom. The number of anilines is 1. The van der Waals surface area contributed by atoms with Crippen molar-refractivity contribution in [1.29, 1.82) is 0 Å². The number of nitrogens with one attached hydrogen (secondary N) is 1. The zero-order chi connectivity index (χ0) is 13.1. The van der Waals surface area contributed by atoms with Crippen LogP contribution in [0.5, 0.6) is 0 Å². The molecule has 1 atom stereocenters. The molecule has 1 rings (SSSR count). The highest BCUT2D eigenvalue weighted by Crippen LogP contribution is 2.35. The molecule has 0 aliphatic carbocycles. The molecule has 1 aromatic heterocycles. The summed E-state index contributed by atoms with van der Waals surface area (Å²) in [6, 6.07) is 0. The molecule has 0 saturated carbocycles. The summed E-state index contributed by atoms with van der Waals surface area (Å²) in [6.07, 6.45) is -3.69. The summed E-state index contributed by atoms with van der Waals surface area (Å²) in [5, 5.41) is 3.25. The smallest absolute Gasteiger partial charge is 0.448 e. The predicted octanol–water partition coefficient (Wildman–Crippen LogP) is 1.63. The summed E-state index contributed by atoms with van der Waals surface area (Å²) in [5.74, 6) is -1.59. The minimum atomic E-state index is -4.99. The second-order valence-electron chi connectivity index (χ2n) is 2.84. The molecule has 5 nitrogen and oxygen atoms in total. The molecule has 0 amide bonds. The van der Waals surface area contributed by atoms with Crippen molar-refractivity contribution < 1.29 is 27.4 Å². The van der Waals surface area contributed by atoms with E-state index >= 15 is 0 Å². The van der Waals surface area contributed by atoms with Gasteiger partial charge in [-0.15, -0.1) is 11.3 Å². The second-order valence-corrected chi connectivity index (χ2v) is 3.73. The van der Waals surface area contributed by atoms with Crippen molar-refractivity contribution in [3.05, 3.63) is 11.6 Å². The third kappa shape index (κ3) is 2.50. The van der Waals surface area contributed by atoms with Crippen LogP contribution < -0.4 is 5.32 Å². The molecule has 96 valence electrons. The number of alkyl halides is 3. The lowest BCUT2D eigenvalue weighted by molar-refractivity contribution is -0.259. The number of ether oxygens (including phenoxy) is 2. The average Bonchev–Trinajstić information content (AvgIpc) is 2.75. The molecule has 0 aliphatic rings. The molecule has 0 radical (unpaired) electrons. The van der Waals surface area contributed by atoms with Crippen molar-refractivity contribution in [1.82, 2.24) is 4.98 Å². The Balaban J connectivity index is 3.12. The van der Waals surface area contributed by atoms with E-state index in [0.29, 0.717) is 0 Å². The van der Waals surface area contributed by atoms with E-state index in [0.717, 1.165) is 25.6 Å². The lowest BCUT2D eigenvalue weighted by atomic mass is 10.2. The number of hydrogen-bond donors (Lipinski definition) is 1. The number of nitrogens with zero attached hydrogens (tertiary/aromatic N) is 1. The first kappa shape index (κ1) is 13.7. The van der Waals surface area contributed by atoms with E-state index in [4.69, 9.17) is 0 Å². The van der Waals surface area contributed by atoms with E-state index in [-0.39, 0.29) is 5.13 Å². The van der Waals surface area contributed by atoms with Crippen LogP contribution in [0.4, 0.5) is 18.3 Å². The molecule has 9 heteroatoms. The van der Waals surface area contributed by atoms with Gasteiger partial charge in [0.25, 0.3) is 0 Å². The number of esters is 1. The highest BCUT2D eigenvalue weighted by atomic mass is 32.1. The molecular formula is C8H9F3N2O3S. The van der Waals surface area contributed by atoms with Crippen LogP contribution in [0.25, 0.3) is 0 Å². The minimum absolute atomic E-state index is 0.102. The molecule has 0 aliphatic heterocycles. The maximum absolute atomic E-state index is 12.9. The van der Waals surface area contributed by atoms with Gasteiger partial charge in [-0.25, -0.2) is 9.78 Å². The van der Waals surface area contributed by atoms with Gasteiger partial charge in [-0.1, -0.05) is 0 Å². The van der Waals surface area contributed by atoms with Crippen molar-refractivity contribution in [3.8, 4) is 0 Å². The lowest BCUT2D eigenvalue weighted by Crippen LogP contribution is -2.60. The van der Waals surface area contributed by atoms with E-state index in [1.807, 2.05) is 5.32 Å². The molecule has 0 spiro atoms. The van der Waals surface area contributed by atoms with Crippen LogP contribution in [0.1, 0.15) is 0 Å². The Hall–Kier alpha value is -1.35. The van der Waals surface area contributed by atoms with E-state index < -0.39 is 17.9 Å². The first-order valence-electron chi connectivity index (χ1n) is 4.25. The maximum Gasteiger partial charge on any atom is 0.448 e. The Kier molecular flexibility index (Phi) is 3.94. The van der Waals surface area contributed by atoms with Crippen LogP contribution in [0.2, 0.25) is 0 Å². The third-order valence-electron chi connectivity index (χ3n) is 1.89. The summed E-state index contributed by atoms with van der Waals surface area (Å²) in [4.78, 5) is 14.9. The zero-order valence-electron chi connectivity index (χ0n) is 8.87. The molecule has 0 unspecified atom stereocenters. The van der Waals surface area contributed by atoms with Gasteiger partial charge in [0.05, 0.1) is 7.11 Å². The fourth-order valence-corrected chi connectivity index (χ4v) is 1.64. The summed E-state index contributed by atoms with van der Waals surface area (Å²) >= 11 is 0.899. The van der Waals surface area contributed by atoms with Gasteiger partial charge < -0.3 is 14.8 Å². The van der Waals surface area contributed by atoms with Crippen LogP contribution in [0.3, 0.4) is 0 Å². The average molecular weight is 270 g/mol. The molecule has 1 aromatic rings. The maximum atomic E-state index is 12.9. The number of thiazole rings is 1. The van der Waals surface area contributed by atoms with Crippen molar-refractivity contribution in [3.63, 3.8) is 0 Å². The molecule has 0 aromatic carbocycles. The standard InChI is InChI=1S/C8H9F3N2O3S/c1-15-5(14)7(16-2,8(9,10)11)13-6-12-3-4-17-6/h3-4H,1-2H3,(H,12,13)/t7-/m0/s1. The van der Waals surface area contributed by atoms with Gasteiger partial charge in [-0.2, -0.15) is 13.2 Å². The van der Waals surface area contributed by atoms with Gasteiger partial charge in [0.15, 0.2) is 5.13 Å². The molecule has 0 saturated heterocycles. The van der Waals surface area contributed by atoms with Gasteiger partial charge >= 0.3 is 17.9 Å². The number of rotatable bonds is 4. The summed E-state index contributed by atoms with van der Waals surface area (Å²) in [6.45, 7) is 0. The molecule has 1 heterocycles. The SMILES string of the molecule is COC(=O)[C@](Nc1nccs1)(OC)C(F)(F)F. The fraction of sp³-hybridized carbons (Fsp3) is 0.500. The number of methoxy groups -OCH3 is 2. The molecule has 0 bridgehead atoms. The van der Waals surface area contributed by atoms with E-state index in [1.54, 1.807) is 0 Å². The van der Waals surface area contributed by atoms with Gasteiger partial charge in [0, 0.05) is 18.7 Å². The normalized spacial score (nSPS) is 15.1. The summed E-state index contributed by atoms with van der Waals surface area (Å²) in [5.41, 5.74) is -3.25. The minimum Gasteiger partial charge on any atom is -0.465 e.